The van der Waals surface area contributed by atoms with Crippen molar-refractivity contribution in [3.8, 4) is 5.69 Å². The fourth-order valence-electron chi connectivity index (χ4n) is 3.08. The molecule has 0 spiro atoms. The quantitative estimate of drug-likeness (QED) is 0.942. The fraction of sp³-hybridized carbons (Fsp3) is 0.353. The first-order valence-corrected chi connectivity index (χ1v) is 7.72. The van der Waals surface area contributed by atoms with Gasteiger partial charge in [0, 0.05) is 18.8 Å². The lowest BCUT2D eigenvalue weighted by atomic mass is 9.90. The highest BCUT2D eigenvalue weighted by atomic mass is 16.4. The summed E-state index contributed by atoms with van der Waals surface area (Å²) in [5.41, 5.74) is 1.35. The van der Waals surface area contributed by atoms with E-state index in [2.05, 4.69) is 5.10 Å². The van der Waals surface area contributed by atoms with Crippen LogP contribution >= 0.6 is 0 Å². The Bertz CT molecular complexity index is 711. The predicted molar refractivity (Wildman–Crippen MR) is 84.4 cm³/mol. The van der Waals surface area contributed by atoms with Gasteiger partial charge >= 0.3 is 5.97 Å². The normalized spacial score (nSPS) is 21.2. The number of carbonyl (C=O) groups is 2. The highest BCUT2D eigenvalue weighted by Gasteiger charge is 2.35. The number of rotatable bonds is 3. The van der Waals surface area contributed by atoms with Crippen molar-refractivity contribution < 1.29 is 14.7 Å². The van der Waals surface area contributed by atoms with Crippen LogP contribution in [0.25, 0.3) is 5.69 Å². The number of nitrogens with zero attached hydrogens (tertiary/aromatic N) is 3. The Morgan fingerprint density at radius 2 is 2.00 bits per heavy atom. The smallest absolute Gasteiger partial charge is 0.308 e. The molecule has 1 aromatic heterocycles. The SMILES string of the molecule is C[C@@H]1[C@H](C(=O)O)CCCN1C(=O)c1cnn(-c2ccccc2)c1. The number of piperidine rings is 1. The molecule has 1 aromatic carbocycles. The molecular weight excluding hydrogens is 294 g/mol. The van der Waals surface area contributed by atoms with Gasteiger partial charge in [-0.3, -0.25) is 9.59 Å². The predicted octanol–water partition coefficient (Wildman–Crippen LogP) is 2.20. The van der Waals surface area contributed by atoms with E-state index in [1.807, 2.05) is 30.3 Å². The zero-order valence-corrected chi connectivity index (χ0v) is 12.9. The third-order valence-corrected chi connectivity index (χ3v) is 4.42. The van der Waals surface area contributed by atoms with Gasteiger partial charge in [-0.25, -0.2) is 4.68 Å². The number of carboxylic acids is 1. The van der Waals surface area contributed by atoms with Gasteiger partial charge in [0.25, 0.3) is 5.91 Å². The van der Waals surface area contributed by atoms with E-state index in [1.165, 1.54) is 6.20 Å². The van der Waals surface area contributed by atoms with E-state index < -0.39 is 11.9 Å². The van der Waals surface area contributed by atoms with Crippen LogP contribution in [0.3, 0.4) is 0 Å². The van der Waals surface area contributed by atoms with Crippen LogP contribution in [0.2, 0.25) is 0 Å². The number of aliphatic carboxylic acids is 1. The monoisotopic (exact) mass is 313 g/mol. The molecule has 1 aliphatic rings. The summed E-state index contributed by atoms with van der Waals surface area (Å²) in [6.07, 6.45) is 4.55. The van der Waals surface area contributed by atoms with Gasteiger partial charge in [0.1, 0.15) is 0 Å². The van der Waals surface area contributed by atoms with E-state index in [9.17, 15) is 14.7 Å². The van der Waals surface area contributed by atoms with Crippen molar-refractivity contribution in [2.24, 2.45) is 5.92 Å². The minimum atomic E-state index is -0.838. The molecule has 1 amide bonds. The van der Waals surface area contributed by atoms with Crippen molar-refractivity contribution in [2.75, 3.05) is 6.54 Å². The summed E-state index contributed by atoms with van der Waals surface area (Å²) in [6, 6.07) is 9.23. The average Bonchev–Trinajstić information content (AvgIpc) is 3.05. The molecule has 0 radical (unpaired) electrons. The van der Waals surface area contributed by atoms with E-state index in [1.54, 1.807) is 22.7 Å². The first-order valence-electron chi connectivity index (χ1n) is 7.72. The molecule has 120 valence electrons. The van der Waals surface area contributed by atoms with E-state index in [4.69, 9.17) is 0 Å². The minimum Gasteiger partial charge on any atom is -0.481 e. The average molecular weight is 313 g/mol. The first kappa shape index (κ1) is 15.3. The zero-order valence-electron chi connectivity index (χ0n) is 12.9. The lowest BCUT2D eigenvalue weighted by Gasteiger charge is -2.37. The summed E-state index contributed by atoms with van der Waals surface area (Å²) in [5.74, 6) is -1.50. The number of benzene rings is 1. The Kier molecular flexibility index (Phi) is 4.14. The molecule has 2 atom stereocenters. The summed E-state index contributed by atoms with van der Waals surface area (Å²) in [4.78, 5) is 25.7. The topological polar surface area (TPSA) is 75.4 Å². The molecule has 1 fully saturated rings. The van der Waals surface area contributed by atoms with Crippen LogP contribution in [0.15, 0.2) is 42.7 Å². The largest absolute Gasteiger partial charge is 0.481 e. The van der Waals surface area contributed by atoms with E-state index in [-0.39, 0.29) is 11.9 Å². The molecule has 6 nitrogen and oxygen atoms in total. The summed E-state index contributed by atoms with van der Waals surface area (Å²) in [5, 5.41) is 13.5. The molecule has 2 heterocycles. The van der Waals surface area contributed by atoms with E-state index in [0.29, 0.717) is 24.9 Å². The van der Waals surface area contributed by atoms with Crippen LogP contribution in [0.5, 0.6) is 0 Å². The molecule has 2 aromatic rings. The molecule has 6 heteroatoms. The fourth-order valence-corrected chi connectivity index (χ4v) is 3.08. The summed E-state index contributed by atoms with van der Waals surface area (Å²) < 4.78 is 1.65. The van der Waals surface area contributed by atoms with Gasteiger partial charge in [-0.1, -0.05) is 18.2 Å². The maximum absolute atomic E-state index is 12.7. The summed E-state index contributed by atoms with van der Waals surface area (Å²) in [7, 11) is 0. The minimum absolute atomic E-state index is 0.161. The lowest BCUT2D eigenvalue weighted by molar-refractivity contribution is -0.144. The van der Waals surface area contributed by atoms with Crippen LogP contribution < -0.4 is 0 Å². The van der Waals surface area contributed by atoms with Crippen LogP contribution in [0, 0.1) is 5.92 Å². The molecule has 23 heavy (non-hydrogen) atoms. The van der Waals surface area contributed by atoms with Crippen molar-refractivity contribution in [2.45, 2.75) is 25.8 Å². The van der Waals surface area contributed by atoms with Crippen LogP contribution in [-0.2, 0) is 4.79 Å². The number of para-hydroxylation sites is 1. The molecule has 0 unspecified atom stereocenters. The summed E-state index contributed by atoms with van der Waals surface area (Å²) in [6.45, 7) is 2.39. The van der Waals surface area contributed by atoms with Crippen molar-refractivity contribution in [3.05, 3.63) is 48.3 Å². The Morgan fingerprint density at radius 1 is 1.26 bits per heavy atom. The molecular formula is C17H19N3O3. The first-order chi connectivity index (χ1) is 11.1. The molecule has 1 saturated heterocycles. The number of carboxylic acid groups (broad SMARTS) is 1. The van der Waals surface area contributed by atoms with Gasteiger partial charge in [0.05, 0.1) is 23.4 Å². The van der Waals surface area contributed by atoms with E-state index >= 15 is 0 Å². The Balaban J connectivity index is 1.81. The maximum atomic E-state index is 12.7. The van der Waals surface area contributed by atoms with Gasteiger partial charge in [-0.05, 0) is 31.9 Å². The molecule has 1 aliphatic heterocycles. The second-order valence-electron chi connectivity index (χ2n) is 5.84. The molecule has 0 saturated carbocycles. The second kappa shape index (κ2) is 6.24. The number of likely N-dealkylation sites (tertiary alicyclic amines) is 1. The number of amides is 1. The Labute approximate surface area is 134 Å². The van der Waals surface area contributed by atoms with Gasteiger partial charge in [-0.15, -0.1) is 0 Å². The zero-order chi connectivity index (χ0) is 16.4. The van der Waals surface area contributed by atoms with E-state index in [0.717, 1.165) is 5.69 Å². The Hall–Kier alpha value is -2.63. The second-order valence-corrected chi connectivity index (χ2v) is 5.84. The number of carbonyl (C=O) groups excluding carboxylic acids is 1. The van der Waals surface area contributed by atoms with Crippen molar-refractivity contribution in [1.29, 1.82) is 0 Å². The van der Waals surface area contributed by atoms with Crippen LogP contribution in [-0.4, -0.2) is 44.3 Å². The van der Waals surface area contributed by atoms with Crippen LogP contribution in [0.1, 0.15) is 30.1 Å². The van der Waals surface area contributed by atoms with Crippen molar-refractivity contribution in [3.63, 3.8) is 0 Å². The molecule has 0 aliphatic carbocycles. The third kappa shape index (κ3) is 2.97. The highest BCUT2D eigenvalue weighted by Crippen LogP contribution is 2.25. The van der Waals surface area contributed by atoms with Crippen molar-refractivity contribution in [1.82, 2.24) is 14.7 Å². The van der Waals surface area contributed by atoms with Crippen LogP contribution in [0.4, 0.5) is 0 Å². The van der Waals surface area contributed by atoms with Gasteiger partial charge in [0.15, 0.2) is 0 Å². The number of hydrogen-bond donors (Lipinski definition) is 1. The third-order valence-electron chi connectivity index (χ3n) is 4.42. The molecule has 1 N–H and O–H groups in total. The molecule has 0 bridgehead atoms. The Morgan fingerprint density at radius 3 is 2.70 bits per heavy atom. The highest BCUT2D eigenvalue weighted by molar-refractivity contribution is 5.94. The van der Waals surface area contributed by atoms with Gasteiger partial charge < -0.3 is 10.0 Å². The number of aromatic nitrogens is 2. The van der Waals surface area contributed by atoms with Gasteiger partial charge in [-0.2, -0.15) is 5.10 Å². The molecule has 3 rings (SSSR count). The standard InChI is InChI=1S/C17H19N3O3/c1-12-15(17(22)23)8-5-9-19(12)16(21)13-10-18-20(11-13)14-6-3-2-4-7-14/h2-4,6-7,10-12,15H,5,8-9H2,1H3,(H,22,23)/t12-,15-/m1/s1. The van der Waals surface area contributed by atoms with Crippen molar-refractivity contribution >= 4 is 11.9 Å². The van der Waals surface area contributed by atoms with Gasteiger partial charge in [0.2, 0.25) is 0 Å². The summed E-state index contributed by atoms with van der Waals surface area (Å²) >= 11 is 0. The lowest BCUT2D eigenvalue weighted by Crippen LogP contribution is -2.49. The number of hydrogen-bond acceptors (Lipinski definition) is 3. The maximum Gasteiger partial charge on any atom is 0.308 e.